The van der Waals surface area contributed by atoms with Gasteiger partial charge in [0.25, 0.3) is 0 Å². The smallest absolute Gasteiger partial charge is 0.305 e. The fourth-order valence-electron chi connectivity index (χ4n) is 0. The Morgan fingerprint density at radius 1 is 1.57 bits per heavy atom. The predicted octanol–water partition coefficient (Wildman–Crippen LogP) is -0.457. The Bertz CT molecular complexity index is 60.7. The monoisotopic (exact) mass is 102 g/mol. The highest BCUT2D eigenvalue weighted by atomic mass is 16.4. The third-order valence-corrected chi connectivity index (χ3v) is 0.494. The molecule has 0 radical (unpaired) electrons. The standard InChI is InChI=1S/C4H8O2.BH3/c1-3(2)4(5)6;/h3H,1-2H3,(H,5,6);1H3. The van der Waals surface area contributed by atoms with Crippen LogP contribution in [-0.2, 0) is 4.79 Å². The molecule has 42 valence electrons. The van der Waals surface area contributed by atoms with Gasteiger partial charge in [-0.3, -0.25) is 4.79 Å². The van der Waals surface area contributed by atoms with E-state index in [4.69, 9.17) is 5.11 Å². The first-order chi connectivity index (χ1) is 2.64. The van der Waals surface area contributed by atoms with E-state index in [0.717, 1.165) is 0 Å². The first-order valence-corrected chi connectivity index (χ1v) is 1.87. The molecule has 0 fully saturated rings. The maximum atomic E-state index is 9.70. The minimum Gasteiger partial charge on any atom is -0.481 e. The maximum absolute atomic E-state index is 9.70. The van der Waals surface area contributed by atoms with Gasteiger partial charge in [0, 0.05) is 0 Å². The fraction of sp³-hybridized carbons (Fsp3) is 0.750. The molecule has 3 heteroatoms. The fourth-order valence-corrected chi connectivity index (χ4v) is 0. The van der Waals surface area contributed by atoms with Crippen LogP contribution in [0.25, 0.3) is 0 Å². The third-order valence-electron chi connectivity index (χ3n) is 0.494. The second-order valence-corrected chi connectivity index (χ2v) is 1.49. The number of carbonyl (C=O) groups is 1. The Morgan fingerprint density at radius 2 is 1.71 bits per heavy atom. The Kier molecular flexibility index (Phi) is 5.17. The van der Waals surface area contributed by atoms with Crippen molar-refractivity contribution in [3.8, 4) is 0 Å². The van der Waals surface area contributed by atoms with Gasteiger partial charge in [0.05, 0.1) is 14.3 Å². The van der Waals surface area contributed by atoms with Crippen molar-refractivity contribution in [2.75, 3.05) is 0 Å². The van der Waals surface area contributed by atoms with Crippen molar-refractivity contribution in [2.45, 2.75) is 13.8 Å². The van der Waals surface area contributed by atoms with E-state index in [0.29, 0.717) is 0 Å². The average Bonchev–Trinajstić information content (AvgIpc) is 1.36. The number of rotatable bonds is 1. The van der Waals surface area contributed by atoms with E-state index >= 15 is 0 Å². The van der Waals surface area contributed by atoms with Gasteiger partial charge in [0.2, 0.25) is 0 Å². The van der Waals surface area contributed by atoms with Crippen LogP contribution in [0.15, 0.2) is 0 Å². The van der Waals surface area contributed by atoms with Crippen LogP contribution in [0.3, 0.4) is 0 Å². The minimum atomic E-state index is -0.741. The molecule has 0 saturated carbocycles. The van der Waals surface area contributed by atoms with Gasteiger partial charge in [-0.25, -0.2) is 0 Å². The van der Waals surface area contributed by atoms with Gasteiger partial charge in [0.15, 0.2) is 0 Å². The van der Waals surface area contributed by atoms with Crippen LogP contribution < -0.4 is 0 Å². The van der Waals surface area contributed by atoms with Crippen molar-refractivity contribution in [3.05, 3.63) is 0 Å². The quantitative estimate of drug-likeness (QED) is 0.455. The highest BCUT2D eigenvalue weighted by Gasteiger charge is 1.99. The van der Waals surface area contributed by atoms with Crippen LogP contribution in [0.5, 0.6) is 0 Å². The van der Waals surface area contributed by atoms with E-state index in [-0.39, 0.29) is 14.3 Å². The number of hydrogen-bond acceptors (Lipinski definition) is 1. The lowest BCUT2D eigenvalue weighted by molar-refractivity contribution is -0.140. The summed E-state index contributed by atoms with van der Waals surface area (Å²) < 4.78 is 0. The number of carboxylic acid groups (broad SMARTS) is 1. The van der Waals surface area contributed by atoms with Crippen LogP contribution in [0.2, 0.25) is 0 Å². The van der Waals surface area contributed by atoms with Crippen molar-refractivity contribution in [1.29, 1.82) is 0 Å². The summed E-state index contributed by atoms with van der Waals surface area (Å²) in [6, 6.07) is 0. The molecule has 0 unspecified atom stereocenters. The molecule has 0 heterocycles. The van der Waals surface area contributed by atoms with Gasteiger partial charge >= 0.3 is 5.97 Å². The molecule has 0 aliphatic carbocycles. The largest absolute Gasteiger partial charge is 0.481 e. The molecule has 0 saturated heterocycles. The first kappa shape index (κ1) is 9.73. The summed E-state index contributed by atoms with van der Waals surface area (Å²) in [6.07, 6.45) is 0. The average molecular weight is 102 g/mol. The summed E-state index contributed by atoms with van der Waals surface area (Å²) in [4.78, 5) is 9.70. The van der Waals surface area contributed by atoms with Crippen molar-refractivity contribution in [3.63, 3.8) is 0 Å². The molecule has 0 rings (SSSR count). The van der Waals surface area contributed by atoms with Crippen LogP contribution in [0, 0.1) is 5.92 Å². The van der Waals surface area contributed by atoms with Gasteiger partial charge in [-0.1, -0.05) is 13.8 Å². The van der Waals surface area contributed by atoms with Gasteiger partial charge in [-0.05, 0) is 0 Å². The predicted molar refractivity (Wildman–Crippen MR) is 32.4 cm³/mol. The lowest BCUT2D eigenvalue weighted by atomic mass is 10.2. The first-order valence-electron chi connectivity index (χ1n) is 1.87. The number of aliphatic carboxylic acids is 1. The van der Waals surface area contributed by atoms with E-state index in [2.05, 4.69) is 0 Å². The topological polar surface area (TPSA) is 37.3 Å². The van der Waals surface area contributed by atoms with Crippen molar-refractivity contribution in [1.82, 2.24) is 0 Å². The summed E-state index contributed by atoms with van der Waals surface area (Å²) in [5.74, 6) is -0.972. The van der Waals surface area contributed by atoms with Gasteiger partial charge in [0.1, 0.15) is 0 Å². The highest BCUT2D eigenvalue weighted by Crippen LogP contribution is 1.87. The van der Waals surface area contributed by atoms with E-state index in [9.17, 15) is 4.79 Å². The lowest BCUT2D eigenvalue weighted by Gasteiger charge is -1.89. The zero-order valence-electron chi connectivity index (χ0n) is 3.93. The molecule has 2 nitrogen and oxygen atoms in total. The Hall–Kier alpha value is -0.465. The summed E-state index contributed by atoms with van der Waals surface area (Å²) in [5, 5.41) is 7.99. The van der Waals surface area contributed by atoms with Gasteiger partial charge in [-0.15, -0.1) is 0 Å². The van der Waals surface area contributed by atoms with Crippen LogP contribution >= 0.6 is 0 Å². The van der Waals surface area contributed by atoms with E-state index in [1.54, 1.807) is 13.8 Å². The van der Waals surface area contributed by atoms with Crippen LogP contribution in [-0.4, -0.2) is 19.5 Å². The lowest BCUT2D eigenvalue weighted by Crippen LogP contribution is -2.03. The number of carboxylic acids is 1. The normalized spacial score (nSPS) is 7.86. The van der Waals surface area contributed by atoms with Gasteiger partial charge in [-0.2, -0.15) is 0 Å². The minimum absolute atomic E-state index is 0. The molecule has 0 spiro atoms. The SMILES string of the molecule is B.CC(C)C(=O)O. The van der Waals surface area contributed by atoms with Crippen LogP contribution in [0.1, 0.15) is 13.8 Å². The van der Waals surface area contributed by atoms with Crippen LogP contribution in [0.4, 0.5) is 0 Å². The van der Waals surface area contributed by atoms with E-state index in [1.165, 1.54) is 0 Å². The van der Waals surface area contributed by atoms with Gasteiger partial charge < -0.3 is 5.11 Å². The molecular formula is C4H11BO2. The highest BCUT2D eigenvalue weighted by molar-refractivity contribution is 5.75. The molecule has 0 aromatic rings. The summed E-state index contributed by atoms with van der Waals surface area (Å²) in [5.41, 5.74) is 0. The molecule has 1 N–H and O–H groups in total. The molecule has 0 aliphatic rings. The second kappa shape index (κ2) is 3.72. The zero-order chi connectivity index (χ0) is 5.15. The second-order valence-electron chi connectivity index (χ2n) is 1.49. The Labute approximate surface area is 45.1 Å². The maximum Gasteiger partial charge on any atom is 0.305 e. The van der Waals surface area contributed by atoms with Crippen molar-refractivity contribution >= 4 is 14.4 Å². The summed E-state index contributed by atoms with van der Waals surface area (Å²) in [7, 11) is 0. The molecule has 7 heavy (non-hydrogen) atoms. The Balaban J connectivity index is 0. The number of hydrogen-bond donors (Lipinski definition) is 1. The molecular weight excluding hydrogens is 90.9 g/mol. The van der Waals surface area contributed by atoms with E-state index < -0.39 is 5.97 Å². The summed E-state index contributed by atoms with van der Waals surface area (Å²) >= 11 is 0. The van der Waals surface area contributed by atoms with Crippen molar-refractivity contribution in [2.24, 2.45) is 5.92 Å². The molecule has 0 aromatic heterocycles. The third kappa shape index (κ3) is 5.53. The molecule has 0 aliphatic heterocycles. The molecule has 0 bridgehead atoms. The molecule has 0 aromatic carbocycles. The van der Waals surface area contributed by atoms with Crippen molar-refractivity contribution < 1.29 is 9.90 Å². The zero-order valence-corrected chi connectivity index (χ0v) is 3.93. The summed E-state index contributed by atoms with van der Waals surface area (Å²) in [6.45, 7) is 3.28. The van der Waals surface area contributed by atoms with E-state index in [1.807, 2.05) is 0 Å². The molecule has 0 atom stereocenters. The Morgan fingerprint density at radius 3 is 1.71 bits per heavy atom. The molecule has 0 amide bonds.